The zero-order valence-electron chi connectivity index (χ0n) is 10.3. The molecule has 0 radical (unpaired) electrons. The van der Waals surface area contributed by atoms with Gasteiger partial charge in [-0.3, -0.25) is 4.79 Å². The summed E-state index contributed by atoms with van der Waals surface area (Å²) in [4.78, 5) is 12.0. The largest absolute Gasteiger partial charge is 0.491 e. The lowest BCUT2D eigenvalue weighted by molar-refractivity contribution is -0.147. The Morgan fingerprint density at radius 1 is 1.11 bits per heavy atom. The van der Waals surface area contributed by atoms with Crippen molar-refractivity contribution in [3.63, 3.8) is 0 Å². The number of benzene rings is 1. The molecule has 0 bridgehead atoms. The molecule has 2 nitrogen and oxygen atoms in total. The Kier molecular flexibility index (Phi) is 3.93. The van der Waals surface area contributed by atoms with E-state index in [1.165, 1.54) is 24.3 Å². The predicted octanol–water partition coefficient (Wildman–Crippen LogP) is 4.04. The number of alkyl halides is 3. The summed E-state index contributed by atoms with van der Waals surface area (Å²) in [7, 11) is 0. The summed E-state index contributed by atoms with van der Waals surface area (Å²) in [6.07, 6.45) is -0.323. The number of carbonyl (C=O) groups excluding carboxylic acids is 1. The molecule has 0 spiro atoms. The van der Waals surface area contributed by atoms with Gasteiger partial charge in [0.2, 0.25) is 0 Å². The van der Waals surface area contributed by atoms with Crippen molar-refractivity contribution in [2.24, 2.45) is 0 Å². The van der Waals surface area contributed by atoms with E-state index >= 15 is 0 Å². The Morgan fingerprint density at radius 2 is 1.79 bits per heavy atom. The smallest absolute Gasteiger partial charge is 0.269 e. The Hall–Kier alpha value is -1.78. The molecule has 1 aliphatic carbocycles. The fraction of sp³-hybridized carbons (Fsp3) is 0.357. The van der Waals surface area contributed by atoms with Gasteiger partial charge in [0.05, 0.1) is 5.69 Å². The summed E-state index contributed by atoms with van der Waals surface area (Å²) >= 11 is 0. The van der Waals surface area contributed by atoms with Crippen LogP contribution in [0.5, 0.6) is 0 Å². The van der Waals surface area contributed by atoms with Crippen LogP contribution >= 0.6 is 0 Å². The number of nitrogens with zero attached hydrogens (tertiary/aromatic N) is 1. The Balaban J connectivity index is 2.34. The molecule has 0 aliphatic heterocycles. The Labute approximate surface area is 109 Å². The number of allylic oxidation sites excluding steroid dienone is 1. The minimum Gasteiger partial charge on any atom is -0.269 e. The number of anilines is 1. The van der Waals surface area contributed by atoms with Gasteiger partial charge in [-0.1, -0.05) is 24.3 Å². The Morgan fingerprint density at radius 3 is 2.32 bits per heavy atom. The second kappa shape index (κ2) is 5.47. The molecule has 0 heterocycles. The molecule has 0 aromatic heterocycles. The summed E-state index contributed by atoms with van der Waals surface area (Å²) in [5, 5.41) is 0. The van der Waals surface area contributed by atoms with Gasteiger partial charge in [-0.25, -0.2) is 4.90 Å². The first-order chi connectivity index (χ1) is 9.00. The van der Waals surface area contributed by atoms with E-state index in [0.717, 1.165) is 12.8 Å². The molecule has 0 saturated heterocycles. The SMILES string of the molecule is O=C(C1=CCCCC1)N(c1ccccc1)C(F)(F)F. The molecular formula is C14H14F3NO. The third-order valence-corrected chi connectivity index (χ3v) is 3.04. The van der Waals surface area contributed by atoms with Crippen molar-refractivity contribution in [2.45, 2.75) is 32.0 Å². The lowest BCUT2D eigenvalue weighted by Gasteiger charge is -2.27. The van der Waals surface area contributed by atoms with E-state index in [0.29, 0.717) is 12.8 Å². The van der Waals surface area contributed by atoms with Gasteiger partial charge in [-0.2, -0.15) is 0 Å². The lowest BCUT2D eigenvalue weighted by Crippen LogP contribution is -2.44. The van der Waals surface area contributed by atoms with Crippen LogP contribution in [0, 0.1) is 0 Å². The molecule has 1 amide bonds. The van der Waals surface area contributed by atoms with Crippen LogP contribution in [-0.4, -0.2) is 12.2 Å². The first-order valence-corrected chi connectivity index (χ1v) is 6.15. The number of hydrogen-bond donors (Lipinski definition) is 0. The van der Waals surface area contributed by atoms with Crippen LogP contribution in [0.15, 0.2) is 42.0 Å². The van der Waals surface area contributed by atoms with Crippen molar-refractivity contribution in [3.8, 4) is 0 Å². The van der Waals surface area contributed by atoms with Gasteiger partial charge >= 0.3 is 6.30 Å². The monoisotopic (exact) mass is 269 g/mol. The third kappa shape index (κ3) is 3.16. The first kappa shape index (κ1) is 13.6. The molecular weight excluding hydrogens is 255 g/mol. The van der Waals surface area contributed by atoms with E-state index in [9.17, 15) is 18.0 Å². The number of amides is 1. The van der Waals surface area contributed by atoms with E-state index in [4.69, 9.17) is 0 Å². The average molecular weight is 269 g/mol. The van der Waals surface area contributed by atoms with E-state index in [2.05, 4.69) is 0 Å². The lowest BCUT2D eigenvalue weighted by atomic mass is 9.98. The molecule has 1 aromatic rings. The number of rotatable bonds is 2. The van der Waals surface area contributed by atoms with Crippen molar-refractivity contribution in [1.82, 2.24) is 0 Å². The van der Waals surface area contributed by atoms with Crippen LogP contribution in [0.25, 0.3) is 0 Å². The molecule has 1 aliphatic rings. The molecule has 0 atom stereocenters. The van der Waals surface area contributed by atoms with Crippen LogP contribution in [0.3, 0.4) is 0 Å². The van der Waals surface area contributed by atoms with Gasteiger partial charge in [0.25, 0.3) is 5.91 Å². The number of hydrogen-bond acceptors (Lipinski definition) is 1. The maximum Gasteiger partial charge on any atom is 0.491 e. The van der Waals surface area contributed by atoms with Gasteiger partial charge < -0.3 is 0 Å². The van der Waals surface area contributed by atoms with E-state index in [-0.39, 0.29) is 16.2 Å². The number of para-hydroxylation sites is 1. The fourth-order valence-corrected chi connectivity index (χ4v) is 2.13. The number of carbonyl (C=O) groups is 1. The zero-order chi connectivity index (χ0) is 13.9. The van der Waals surface area contributed by atoms with Gasteiger partial charge in [0.1, 0.15) is 0 Å². The van der Waals surface area contributed by atoms with Crippen molar-refractivity contribution < 1.29 is 18.0 Å². The predicted molar refractivity (Wildman–Crippen MR) is 66.5 cm³/mol. The Bertz CT molecular complexity index is 479. The molecule has 19 heavy (non-hydrogen) atoms. The molecule has 0 N–H and O–H groups in total. The van der Waals surface area contributed by atoms with Gasteiger partial charge in [-0.15, -0.1) is 13.2 Å². The normalized spacial score (nSPS) is 15.8. The van der Waals surface area contributed by atoms with Crippen molar-refractivity contribution >= 4 is 11.6 Å². The first-order valence-electron chi connectivity index (χ1n) is 6.15. The third-order valence-electron chi connectivity index (χ3n) is 3.04. The van der Waals surface area contributed by atoms with E-state index in [1.54, 1.807) is 12.1 Å². The highest BCUT2D eigenvalue weighted by Crippen LogP contribution is 2.31. The molecule has 0 fully saturated rings. The van der Waals surface area contributed by atoms with Gasteiger partial charge in [0.15, 0.2) is 0 Å². The van der Waals surface area contributed by atoms with E-state index in [1.807, 2.05) is 0 Å². The highest BCUT2D eigenvalue weighted by atomic mass is 19.4. The van der Waals surface area contributed by atoms with Gasteiger partial charge in [0, 0.05) is 5.57 Å². The van der Waals surface area contributed by atoms with Crippen LogP contribution in [0.4, 0.5) is 18.9 Å². The highest BCUT2D eigenvalue weighted by Gasteiger charge is 2.43. The fourth-order valence-electron chi connectivity index (χ4n) is 2.13. The topological polar surface area (TPSA) is 20.3 Å². The molecule has 0 unspecified atom stereocenters. The van der Waals surface area contributed by atoms with Crippen LogP contribution in [0.2, 0.25) is 0 Å². The maximum atomic E-state index is 13.1. The van der Waals surface area contributed by atoms with Crippen LogP contribution in [-0.2, 0) is 4.79 Å². The molecule has 2 rings (SSSR count). The standard InChI is InChI=1S/C14H14F3NO/c15-14(16,17)18(12-9-5-2-6-10-12)13(19)11-7-3-1-4-8-11/h2,5-7,9-10H,1,3-4,8H2. The summed E-state index contributed by atoms with van der Waals surface area (Å²) < 4.78 is 39.3. The summed E-state index contributed by atoms with van der Waals surface area (Å²) in [5.41, 5.74) is 0.110. The van der Waals surface area contributed by atoms with Crippen molar-refractivity contribution in [1.29, 1.82) is 0 Å². The van der Waals surface area contributed by atoms with Crippen molar-refractivity contribution in [3.05, 3.63) is 42.0 Å². The molecule has 102 valence electrons. The maximum absolute atomic E-state index is 13.1. The average Bonchev–Trinajstić information content (AvgIpc) is 2.39. The second-order valence-corrected chi connectivity index (χ2v) is 4.42. The van der Waals surface area contributed by atoms with Crippen molar-refractivity contribution in [2.75, 3.05) is 4.90 Å². The van der Waals surface area contributed by atoms with Gasteiger partial charge in [-0.05, 0) is 37.8 Å². The quantitative estimate of drug-likeness (QED) is 0.742. The minimum atomic E-state index is -4.71. The van der Waals surface area contributed by atoms with E-state index < -0.39 is 12.2 Å². The van der Waals surface area contributed by atoms with Crippen LogP contribution in [0.1, 0.15) is 25.7 Å². The van der Waals surface area contributed by atoms with Crippen LogP contribution < -0.4 is 4.90 Å². The summed E-state index contributed by atoms with van der Waals surface area (Å²) in [5.74, 6) is -0.960. The molecule has 5 heteroatoms. The molecule has 0 saturated carbocycles. The molecule has 1 aromatic carbocycles. The highest BCUT2D eigenvalue weighted by molar-refractivity contribution is 6.06. The zero-order valence-corrected chi connectivity index (χ0v) is 10.3. The second-order valence-electron chi connectivity index (χ2n) is 4.42. The minimum absolute atomic E-state index is 0.0792. The summed E-state index contributed by atoms with van der Waals surface area (Å²) in [6.45, 7) is 0. The summed E-state index contributed by atoms with van der Waals surface area (Å²) in [6, 6.07) is 7.15. The number of halogens is 3.